The van der Waals surface area contributed by atoms with Gasteiger partial charge in [0.1, 0.15) is 0 Å². The Balaban J connectivity index is 0.973. The van der Waals surface area contributed by atoms with Gasteiger partial charge in [-0.3, -0.25) is 0 Å². The Morgan fingerprint density at radius 3 is 1.38 bits per heavy atom. The molecule has 318 valence electrons. The highest BCUT2D eigenvalue weighted by atomic mass is 32.1. The quantitative estimate of drug-likeness (QED) is 0.147. The lowest BCUT2D eigenvalue weighted by atomic mass is 9.88. The number of benzene rings is 12. The number of thiophene rings is 1. The van der Waals surface area contributed by atoms with Crippen LogP contribution in [0, 0.1) is 0 Å². The standard InChI is InChI=1S/C66H43NS/c1-2-18-49-43-50(32-31-44(49)15-1)45-33-37-51(38-34-45)67(63-42-41-61(58-29-14-20-47-17-4-6-22-54(47)58)66-65(63)62-27-11-12-30-64(62)68-66)52-39-35-48(36-40-52)55-23-7-8-24-56(55)59-25-9-10-26-60(59)57-28-13-19-46-16-3-5-21-53(46)57/h1-43H. The lowest BCUT2D eigenvalue weighted by Gasteiger charge is -2.27. The van der Waals surface area contributed by atoms with E-state index < -0.39 is 0 Å². The molecule has 13 rings (SSSR count). The normalized spacial score (nSPS) is 11.5. The van der Waals surface area contributed by atoms with Crippen molar-refractivity contribution in [2.24, 2.45) is 0 Å². The van der Waals surface area contributed by atoms with E-state index in [0.717, 1.165) is 17.1 Å². The van der Waals surface area contributed by atoms with E-state index >= 15 is 0 Å². The highest BCUT2D eigenvalue weighted by Gasteiger charge is 2.22. The first kappa shape index (κ1) is 39.8. The molecule has 0 unspecified atom stereocenters. The van der Waals surface area contributed by atoms with Crippen LogP contribution in [0.25, 0.3) is 108 Å². The Kier molecular flexibility index (Phi) is 9.77. The lowest BCUT2D eigenvalue weighted by molar-refractivity contribution is 1.30. The second-order valence-corrected chi connectivity index (χ2v) is 18.6. The number of anilines is 3. The first-order valence-electron chi connectivity index (χ1n) is 23.3. The van der Waals surface area contributed by atoms with Gasteiger partial charge in [-0.15, -0.1) is 11.3 Å². The zero-order valence-electron chi connectivity index (χ0n) is 37.2. The van der Waals surface area contributed by atoms with E-state index in [1.54, 1.807) is 0 Å². The van der Waals surface area contributed by atoms with Gasteiger partial charge in [0.05, 0.1) is 5.69 Å². The number of fused-ring (bicyclic) bond motifs is 6. The topological polar surface area (TPSA) is 3.24 Å². The molecule has 0 radical (unpaired) electrons. The SMILES string of the molecule is c1ccc(-c2ccccc2-c2cccc3ccccc23)c(-c2ccc(N(c3ccc(-c4ccc5ccccc5c4)cc3)c3ccc(-c4cccc5ccccc45)c4sc5ccccc5c34)cc2)c1. The molecule has 0 saturated carbocycles. The molecule has 0 N–H and O–H groups in total. The molecule has 0 spiro atoms. The summed E-state index contributed by atoms with van der Waals surface area (Å²) in [5, 5.41) is 10.0. The van der Waals surface area contributed by atoms with Gasteiger partial charge in [-0.05, 0) is 125 Å². The first-order chi connectivity index (χ1) is 33.7. The Morgan fingerprint density at radius 2 is 0.721 bits per heavy atom. The zero-order valence-corrected chi connectivity index (χ0v) is 38.0. The maximum Gasteiger partial charge on any atom is 0.0555 e. The lowest BCUT2D eigenvalue weighted by Crippen LogP contribution is -2.10. The molecular formula is C66H43NS. The first-order valence-corrected chi connectivity index (χ1v) is 24.1. The molecule has 68 heavy (non-hydrogen) atoms. The van der Waals surface area contributed by atoms with Crippen molar-refractivity contribution in [3.8, 4) is 55.6 Å². The van der Waals surface area contributed by atoms with Gasteiger partial charge in [0.2, 0.25) is 0 Å². The maximum atomic E-state index is 2.46. The van der Waals surface area contributed by atoms with Gasteiger partial charge in [0, 0.05) is 37.1 Å². The van der Waals surface area contributed by atoms with Gasteiger partial charge in [-0.2, -0.15) is 0 Å². The fraction of sp³-hybridized carbons (Fsp3) is 0. The van der Waals surface area contributed by atoms with Crippen LogP contribution in [0.15, 0.2) is 261 Å². The summed E-state index contributed by atoms with van der Waals surface area (Å²) in [6.45, 7) is 0. The van der Waals surface area contributed by atoms with Crippen LogP contribution in [-0.4, -0.2) is 0 Å². The largest absolute Gasteiger partial charge is 0.310 e. The third-order valence-corrected chi connectivity index (χ3v) is 14.9. The third-order valence-electron chi connectivity index (χ3n) is 13.7. The summed E-state index contributed by atoms with van der Waals surface area (Å²) < 4.78 is 2.56. The minimum absolute atomic E-state index is 1.09. The van der Waals surface area contributed by atoms with Crippen LogP contribution < -0.4 is 4.90 Å². The average molecular weight is 882 g/mol. The van der Waals surface area contributed by atoms with Crippen LogP contribution in [0.5, 0.6) is 0 Å². The fourth-order valence-corrected chi connectivity index (χ4v) is 11.7. The minimum atomic E-state index is 1.09. The number of nitrogens with zero attached hydrogens (tertiary/aromatic N) is 1. The van der Waals surface area contributed by atoms with E-state index in [9.17, 15) is 0 Å². The summed E-state index contributed by atoms with van der Waals surface area (Å²) >= 11 is 1.89. The Hall–Kier alpha value is -8.56. The van der Waals surface area contributed by atoms with Crippen molar-refractivity contribution in [1.29, 1.82) is 0 Å². The third kappa shape index (κ3) is 6.85. The van der Waals surface area contributed by atoms with E-state index in [4.69, 9.17) is 0 Å². The summed E-state index contributed by atoms with van der Waals surface area (Å²) in [6.07, 6.45) is 0. The summed E-state index contributed by atoms with van der Waals surface area (Å²) in [5.41, 5.74) is 15.5. The van der Waals surface area contributed by atoms with Crippen molar-refractivity contribution in [2.75, 3.05) is 4.90 Å². The zero-order chi connectivity index (χ0) is 45.0. The van der Waals surface area contributed by atoms with Crippen molar-refractivity contribution >= 4 is 80.9 Å². The molecule has 0 aliphatic rings. The van der Waals surface area contributed by atoms with Crippen molar-refractivity contribution in [3.63, 3.8) is 0 Å². The van der Waals surface area contributed by atoms with Gasteiger partial charge in [-0.25, -0.2) is 0 Å². The second kappa shape index (κ2) is 16.7. The van der Waals surface area contributed by atoms with Crippen LogP contribution >= 0.6 is 11.3 Å². The molecule has 12 aromatic carbocycles. The van der Waals surface area contributed by atoms with Crippen LogP contribution in [0.3, 0.4) is 0 Å². The summed E-state index contributed by atoms with van der Waals surface area (Å²) in [7, 11) is 0. The Bertz CT molecular complexity index is 4020. The van der Waals surface area contributed by atoms with E-state index in [1.807, 2.05) is 11.3 Å². The molecule has 0 atom stereocenters. The van der Waals surface area contributed by atoms with Crippen molar-refractivity contribution in [1.82, 2.24) is 0 Å². The molecule has 1 nitrogen and oxygen atoms in total. The summed E-state index contributed by atoms with van der Waals surface area (Å²) in [6, 6.07) is 95.7. The average Bonchev–Trinajstić information content (AvgIpc) is 3.81. The van der Waals surface area contributed by atoms with Crippen molar-refractivity contribution in [2.45, 2.75) is 0 Å². The predicted octanol–water partition coefficient (Wildman–Crippen LogP) is 19.3. The number of rotatable bonds is 8. The van der Waals surface area contributed by atoms with Crippen molar-refractivity contribution in [3.05, 3.63) is 261 Å². The molecule has 0 bridgehead atoms. The Labute approximate surface area is 400 Å². The second-order valence-electron chi connectivity index (χ2n) is 17.6. The van der Waals surface area contributed by atoms with Gasteiger partial charge in [0.25, 0.3) is 0 Å². The van der Waals surface area contributed by atoms with Crippen LogP contribution in [-0.2, 0) is 0 Å². The summed E-state index contributed by atoms with van der Waals surface area (Å²) in [5.74, 6) is 0. The van der Waals surface area contributed by atoms with Crippen LogP contribution in [0.4, 0.5) is 17.1 Å². The highest BCUT2D eigenvalue weighted by Crippen LogP contribution is 2.50. The molecular weight excluding hydrogens is 839 g/mol. The minimum Gasteiger partial charge on any atom is -0.310 e. The van der Waals surface area contributed by atoms with Gasteiger partial charge in [0.15, 0.2) is 0 Å². The van der Waals surface area contributed by atoms with Crippen molar-refractivity contribution < 1.29 is 0 Å². The molecule has 0 fully saturated rings. The number of hydrogen-bond acceptors (Lipinski definition) is 2. The van der Waals surface area contributed by atoms with Gasteiger partial charge in [-0.1, -0.05) is 218 Å². The molecule has 1 heterocycles. The van der Waals surface area contributed by atoms with Gasteiger partial charge < -0.3 is 4.90 Å². The smallest absolute Gasteiger partial charge is 0.0555 e. The highest BCUT2D eigenvalue weighted by molar-refractivity contribution is 7.26. The van der Waals surface area contributed by atoms with Gasteiger partial charge >= 0.3 is 0 Å². The molecule has 0 aliphatic carbocycles. The summed E-state index contributed by atoms with van der Waals surface area (Å²) in [4.78, 5) is 2.46. The molecule has 0 aliphatic heterocycles. The number of hydrogen-bond donors (Lipinski definition) is 0. The monoisotopic (exact) mass is 881 g/mol. The maximum absolute atomic E-state index is 2.46. The molecule has 0 saturated heterocycles. The fourth-order valence-electron chi connectivity index (χ4n) is 10.4. The van der Waals surface area contributed by atoms with E-state index in [2.05, 4.69) is 266 Å². The molecule has 13 aromatic rings. The predicted molar refractivity (Wildman–Crippen MR) is 294 cm³/mol. The molecule has 1 aromatic heterocycles. The van der Waals surface area contributed by atoms with E-state index in [-0.39, 0.29) is 0 Å². The Morgan fingerprint density at radius 1 is 0.265 bits per heavy atom. The van der Waals surface area contributed by atoms with Crippen LogP contribution in [0.1, 0.15) is 0 Å². The van der Waals surface area contributed by atoms with E-state index in [1.165, 1.54) is 108 Å². The molecule has 0 amide bonds. The van der Waals surface area contributed by atoms with E-state index in [0.29, 0.717) is 0 Å². The van der Waals surface area contributed by atoms with Crippen LogP contribution in [0.2, 0.25) is 0 Å². The molecule has 2 heteroatoms.